The average molecular weight is 269 g/mol. The van der Waals surface area contributed by atoms with Gasteiger partial charge < -0.3 is 22.0 Å². The van der Waals surface area contributed by atoms with Crippen LogP contribution in [0.2, 0.25) is 0 Å². The normalized spacial score (nSPS) is 9.06. The van der Waals surface area contributed by atoms with Crippen LogP contribution < -0.4 is 10.1 Å². The number of hydrogen-bond donors (Lipinski definition) is 1. The molecule has 1 aromatic rings. The summed E-state index contributed by atoms with van der Waals surface area (Å²) < 4.78 is 43.8. The molecular formula is C7H8BF4N3O3. The molecule has 0 unspecified atom stereocenters. The summed E-state index contributed by atoms with van der Waals surface area (Å²) in [5.41, 5.74) is 0.0457. The molecule has 0 saturated heterocycles. The molecule has 11 heteroatoms. The molecule has 1 N–H and O–H groups in total. The maximum atomic E-state index is 10.2. The topological polar surface area (TPSA) is 100.0 Å². The second-order valence-corrected chi connectivity index (χ2v) is 2.45. The molecule has 0 fully saturated rings. The zero-order chi connectivity index (χ0) is 14.8. The summed E-state index contributed by atoms with van der Waals surface area (Å²) >= 11 is 0. The van der Waals surface area contributed by atoms with Gasteiger partial charge in [0.1, 0.15) is 5.75 Å². The number of ether oxygens (including phenoxy) is 1. The molecule has 1 aromatic carbocycles. The number of diazo groups is 1. The molecule has 0 aromatic heterocycles. The second kappa shape index (κ2) is 8.74. The Balaban J connectivity index is 0. The van der Waals surface area contributed by atoms with Gasteiger partial charge in [-0.25, -0.2) is 0 Å². The summed E-state index contributed by atoms with van der Waals surface area (Å²) in [6.45, 7) is 0. The summed E-state index contributed by atoms with van der Waals surface area (Å²) in [5, 5.41) is 21.2. The Morgan fingerprint density at radius 2 is 1.78 bits per heavy atom. The Hall–Kier alpha value is -2.38. The lowest BCUT2D eigenvalue weighted by Crippen LogP contribution is -2.11. The van der Waals surface area contributed by atoms with Gasteiger partial charge >= 0.3 is 7.25 Å². The minimum atomic E-state index is -6.00. The molecule has 0 saturated carbocycles. The second-order valence-electron chi connectivity index (χ2n) is 2.45. The van der Waals surface area contributed by atoms with Crippen LogP contribution >= 0.6 is 0 Å². The summed E-state index contributed by atoms with van der Waals surface area (Å²) in [7, 11) is -4.53. The number of non-ortho nitro benzene ring substituents is 1. The van der Waals surface area contributed by atoms with E-state index in [1.165, 1.54) is 19.2 Å². The van der Waals surface area contributed by atoms with Crippen LogP contribution in [0, 0.1) is 15.5 Å². The van der Waals surface area contributed by atoms with Crippen LogP contribution in [0.3, 0.4) is 0 Å². The minimum absolute atomic E-state index is 0.0457. The van der Waals surface area contributed by atoms with Gasteiger partial charge in [0.2, 0.25) is 5.39 Å². The van der Waals surface area contributed by atoms with E-state index in [-0.39, 0.29) is 5.69 Å². The number of nitrogens with zero attached hydrogens (tertiary/aromatic N) is 2. The minimum Gasteiger partial charge on any atom is -0.497 e. The molecule has 1 rings (SSSR count). The molecule has 6 nitrogen and oxygen atoms in total. The van der Waals surface area contributed by atoms with Gasteiger partial charge in [-0.05, 0) is 6.07 Å². The van der Waals surface area contributed by atoms with E-state index < -0.39 is 12.2 Å². The van der Waals surface area contributed by atoms with Crippen molar-refractivity contribution in [3.63, 3.8) is 0 Å². The molecule has 0 aliphatic heterocycles. The van der Waals surface area contributed by atoms with Gasteiger partial charge in [0.05, 0.1) is 23.5 Å². The van der Waals surface area contributed by atoms with Gasteiger partial charge in [-0.2, -0.15) is 0 Å². The van der Waals surface area contributed by atoms with Crippen molar-refractivity contribution in [2.75, 3.05) is 7.11 Å². The highest BCUT2D eigenvalue weighted by Gasteiger charge is 2.20. The Kier molecular flexibility index (Phi) is 8.74. The van der Waals surface area contributed by atoms with E-state index in [0.717, 1.165) is 0 Å². The van der Waals surface area contributed by atoms with E-state index in [9.17, 15) is 27.4 Å². The third-order valence-corrected chi connectivity index (χ3v) is 1.26. The largest absolute Gasteiger partial charge is 0.673 e. The maximum Gasteiger partial charge on any atom is 0.673 e. The predicted octanol–water partition coefficient (Wildman–Crippen LogP) is 1.18. The molecule has 0 bridgehead atoms. The third kappa shape index (κ3) is 11.7. The fourth-order valence-corrected chi connectivity index (χ4v) is 0.724. The Labute approximate surface area is 98.8 Å². The zero-order valence-corrected chi connectivity index (χ0v) is 9.02. The van der Waals surface area contributed by atoms with E-state index in [1.54, 1.807) is 12.1 Å². The van der Waals surface area contributed by atoms with Crippen molar-refractivity contribution in [2.45, 2.75) is 0 Å². The lowest BCUT2D eigenvalue weighted by atomic mass is 10.3. The van der Waals surface area contributed by atoms with Crippen LogP contribution in [0.5, 0.6) is 5.75 Å². The molecule has 0 spiro atoms. The molecule has 0 aliphatic rings. The fourth-order valence-electron chi connectivity index (χ4n) is 0.724. The number of hydrogen-bond acceptors (Lipinski definition) is 4. The Morgan fingerprint density at radius 3 is 2.11 bits per heavy atom. The molecule has 18 heavy (non-hydrogen) atoms. The Morgan fingerprint density at radius 1 is 1.33 bits per heavy atom. The monoisotopic (exact) mass is 269 g/mol. The van der Waals surface area contributed by atoms with Crippen LogP contribution in [-0.2, 0) is 0 Å². The van der Waals surface area contributed by atoms with Gasteiger partial charge in [0.15, 0.2) is 0 Å². The van der Waals surface area contributed by atoms with Crippen molar-refractivity contribution >= 4 is 12.9 Å². The lowest BCUT2D eigenvalue weighted by molar-refractivity contribution is -0.384. The van der Waals surface area contributed by atoms with Crippen molar-refractivity contribution in [2.24, 2.45) is 0 Å². The molecule has 100 valence electrons. The highest BCUT2D eigenvalue weighted by Crippen LogP contribution is 2.17. The molecule has 0 radical (unpaired) electrons. The van der Waals surface area contributed by atoms with Crippen molar-refractivity contribution < 1.29 is 32.3 Å². The van der Waals surface area contributed by atoms with Gasteiger partial charge in [-0.1, -0.05) is 6.07 Å². The van der Waals surface area contributed by atoms with Gasteiger partial charge in [-0.15, -0.1) is 0 Å². The summed E-state index contributed by atoms with van der Waals surface area (Å²) in [6, 6.07) is 6.03. The third-order valence-electron chi connectivity index (χ3n) is 1.26. The van der Waals surface area contributed by atoms with Gasteiger partial charge in [0.25, 0.3) is 5.69 Å². The van der Waals surface area contributed by atoms with Crippen LogP contribution in [0.25, 0.3) is 0 Å². The van der Waals surface area contributed by atoms with Gasteiger partial charge in [0, 0.05) is 6.07 Å². The van der Waals surface area contributed by atoms with Gasteiger partial charge in [-0.3, -0.25) is 10.1 Å². The van der Waals surface area contributed by atoms with Crippen molar-refractivity contribution in [3.8, 4) is 5.75 Å². The van der Waals surface area contributed by atoms with E-state index in [0.29, 0.717) is 5.75 Å². The summed E-state index contributed by atoms with van der Waals surface area (Å²) in [6.07, 6.45) is 0. The highest BCUT2D eigenvalue weighted by molar-refractivity contribution is 6.50. The van der Waals surface area contributed by atoms with E-state index in [4.69, 9.17) is 15.5 Å². The number of halogens is 4. The van der Waals surface area contributed by atoms with Crippen molar-refractivity contribution in [3.05, 3.63) is 34.4 Å². The first-order chi connectivity index (χ1) is 8.24. The fraction of sp³-hybridized carbons (Fsp3) is 0.143. The number of benzene rings is 1. The number of nitrogens with one attached hydrogen (secondary N) is 1. The van der Waals surface area contributed by atoms with E-state index in [2.05, 4.69) is 0 Å². The first kappa shape index (κ1) is 18.0. The quantitative estimate of drug-likeness (QED) is 0.286. The lowest BCUT2D eigenvalue weighted by Gasteiger charge is -1.96. The number of rotatable bonds is 2. The summed E-state index contributed by atoms with van der Waals surface area (Å²) in [5.74, 6) is 0.499. The van der Waals surface area contributed by atoms with Crippen LogP contribution in [-0.4, -0.2) is 19.3 Å². The average Bonchev–Trinajstić information content (AvgIpc) is 2.29. The summed E-state index contributed by atoms with van der Waals surface area (Å²) in [4.78, 5) is 9.76. The van der Waals surface area contributed by atoms with Crippen LogP contribution in [0.15, 0.2) is 24.3 Å². The van der Waals surface area contributed by atoms with Crippen molar-refractivity contribution in [1.82, 2.24) is 0 Å². The predicted molar refractivity (Wildman–Crippen MR) is 52.5 cm³/mol. The molecule has 0 heterocycles. The first-order valence-corrected chi connectivity index (χ1v) is 4.12. The standard InChI is InChI=1S/C7H7NO3.BF4.N2/c1-11-7-4-2-3-6(5-7)8(9)10;2-1(3,4)5;1-2/h2-5H,1H3;;/q;-1;/p+1. The molecule has 0 amide bonds. The van der Waals surface area contributed by atoms with Crippen LogP contribution in [0.1, 0.15) is 0 Å². The molecule has 0 aliphatic carbocycles. The number of methoxy groups -OCH3 is 1. The SMILES string of the molecule is COc1cccc([N+](=O)[O-])c1.F[B-](F)(F)F.N#[NH+]. The zero-order valence-electron chi connectivity index (χ0n) is 9.02. The van der Waals surface area contributed by atoms with Crippen molar-refractivity contribution in [1.29, 1.82) is 5.39 Å². The first-order valence-electron chi connectivity index (χ1n) is 4.12. The highest BCUT2D eigenvalue weighted by atomic mass is 19.5. The van der Waals surface area contributed by atoms with E-state index >= 15 is 0 Å². The van der Waals surface area contributed by atoms with Crippen LogP contribution in [0.4, 0.5) is 23.0 Å². The Bertz CT molecular complexity index is 393. The molecule has 0 atom stereocenters. The molecular weight excluding hydrogens is 261 g/mol. The number of nitro groups is 1. The smallest absolute Gasteiger partial charge is 0.497 e. The maximum absolute atomic E-state index is 10.2. The van der Waals surface area contributed by atoms with E-state index in [1.807, 2.05) is 0 Å². The number of nitro benzene ring substituents is 1.